The van der Waals surface area contributed by atoms with Crippen molar-refractivity contribution in [1.29, 1.82) is 0 Å². The Balaban J connectivity index is 1.22. The number of amides is 1. The van der Waals surface area contributed by atoms with Gasteiger partial charge >= 0.3 is 0 Å². The van der Waals surface area contributed by atoms with Crippen molar-refractivity contribution in [3.05, 3.63) is 60.4 Å². The fourth-order valence-electron chi connectivity index (χ4n) is 4.70. The van der Waals surface area contributed by atoms with Gasteiger partial charge in [-0.25, -0.2) is 8.42 Å². The number of nitrogens with zero attached hydrogens (tertiary/aromatic N) is 3. The number of nitrogens with one attached hydrogen (secondary N) is 1. The Labute approximate surface area is 190 Å². The van der Waals surface area contributed by atoms with E-state index in [1.165, 1.54) is 16.1 Å². The summed E-state index contributed by atoms with van der Waals surface area (Å²) in [7, 11) is -3.54. The molecule has 172 valence electrons. The first-order valence-corrected chi connectivity index (χ1v) is 12.9. The van der Waals surface area contributed by atoms with Gasteiger partial charge in [0.2, 0.25) is 15.9 Å². The first-order chi connectivity index (χ1) is 15.5. The number of rotatable bonds is 7. The number of carbonyl (C=O) groups excluding carboxylic acids is 1. The zero-order valence-corrected chi connectivity index (χ0v) is 19.2. The summed E-state index contributed by atoms with van der Waals surface area (Å²) in [5.41, 5.74) is 1.32. The van der Waals surface area contributed by atoms with Gasteiger partial charge in [0.25, 0.3) is 0 Å². The third-order valence-corrected chi connectivity index (χ3v) is 8.40. The van der Waals surface area contributed by atoms with E-state index < -0.39 is 10.0 Å². The highest BCUT2D eigenvalue weighted by molar-refractivity contribution is 7.89. The second-order valence-electron chi connectivity index (χ2n) is 8.84. The second kappa shape index (κ2) is 10.6. The van der Waals surface area contributed by atoms with Crippen LogP contribution in [0.2, 0.25) is 0 Å². The average Bonchev–Trinajstić information content (AvgIpc) is 2.84. The number of piperidine rings is 2. The number of likely N-dealkylation sites (tertiary alicyclic amines) is 1. The molecule has 0 radical (unpaired) electrons. The van der Waals surface area contributed by atoms with Crippen LogP contribution < -0.4 is 5.32 Å². The highest BCUT2D eigenvalue weighted by atomic mass is 32.2. The third-order valence-electron chi connectivity index (χ3n) is 6.51. The van der Waals surface area contributed by atoms with E-state index in [2.05, 4.69) is 39.5 Å². The van der Waals surface area contributed by atoms with E-state index in [9.17, 15) is 13.2 Å². The van der Waals surface area contributed by atoms with Gasteiger partial charge in [0.1, 0.15) is 4.90 Å². The molecule has 1 unspecified atom stereocenters. The molecule has 2 aliphatic heterocycles. The Hall–Kier alpha value is -2.29. The molecule has 0 bridgehead atoms. The molecule has 1 atom stereocenters. The molecular formula is C24H32N4O3S. The van der Waals surface area contributed by atoms with Gasteiger partial charge < -0.3 is 5.32 Å². The maximum Gasteiger partial charge on any atom is 0.244 e. The summed E-state index contributed by atoms with van der Waals surface area (Å²) in [5.74, 6) is 0.394. The maximum absolute atomic E-state index is 12.7. The van der Waals surface area contributed by atoms with Crippen molar-refractivity contribution in [3.8, 4) is 0 Å². The second-order valence-corrected chi connectivity index (χ2v) is 10.8. The minimum atomic E-state index is -3.54. The van der Waals surface area contributed by atoms with Crippen molar-refractivity contribution >= 4 is 15.9 Å². The molecule has 8 heteroatoms. The molecule has 3 heterocycles. The normalized spacial score (nSPS) is 21.3. The number of hydrogen-bond acceptors (Lipinski definition) is 5. The van der Waals surface area contributed by atoms with Crippen molar-refractivity contribution in [2.75, 3.05) is 32.7 Å². The van der Waals surface area contributed by atoms with E-state index in [-0.39, 0.29) is 16.7 Å². The molecule has 2 saturated heterocycles. The summed E-state index contributed by atoms with van der Waals surface area (Å²) >= 11 is 0. The number of aromatic nitrogens is 1. The average molecular weight is 457 g/mol. The molecule has 2 aliphatic rings. The molecule has 1 N–H and O–H groups in total. The standard InChI is InChI=1S/C24H32N4O3S/c29-24(22-10-14-28(15-11-22)32(30,31)23-9-4-12-25-17-23)26-16-21-8-5-13-27(19-21)18-20-6-2-1-3-7-20/h1-4,6-7,9,12,17,21-22H,5,8,10-11,13-16,18-19H2,(H,26,29). The van der Waals surface area contributed by atoms with E-state index in [0.29, 0.717) is 38.4 Å². The fraction of sp³-hybridized carbons (Fsp3) is 0.500. The van der Waals surface area contributed by atoms with Crippen molar-refractivity contribution in [1.82, 2.24) is 19.5 Å². The lowest BCUT2D eigenvalue weighted by molar-refractivity contribution is -0.126. The number of carbonyl (C=O) groups is 1. The van der Waals surface area contributed by atoms with Crippen LogP contribution in [0, 0.1) is 11.8 Å². The van der Waals surface area contributed by atoms with Crippen LogP contribution in [0.3, 0.4) is 0 Å². The van der Waals surface area contributed by atoms with Gasteiger partial charge in [-0.2, -0.15) is 4.31 Å². The molecule has 2 aromatic rings. The lowest BCUT2D eigenvalue weighted by atomic mass is 9.95. The lowest BCUT2D eigenvalue weighted by Crippen LogP contribution is -2.45. The number of hydrogen-bond donors (Lipinski definition) is 1. The van der Waals surface area contributed by atoms with Crippen molar-refractivity contribution in [2.24, 2.45) is 11.8 Å². The lowest BCUT2D eigenvalue weighted by Gasteiger charge is -2.34. The van der Waals surface area contributed by atoms with Crippen molar-refractivity contribution in [2.45, 2.75) is 37.1 Å². The van der Waals surface area contributed by atoms with E-state index in [1.54, 1.807) is 18.3 Å². The van der Waals surface area contributed by atoms with Gasteiger partial charge in [-0.15, -0.1) is 0 Å². The van der Waals surface area contributed by atoms with Crippen LogP contribution in [0.4, 0.5) is 0 Å². The highest BCUT2D eigenvalue weighted by Gasteiger charge is 2.32. The van der Waals surface area contributed by atoms with Gasteiger partial charge in [0.15, 0.2) is 0 Å². The number of sulfonamides is 1. The SMILES string of the molecule is O=C(NCC1CCCN(Cc2ccccc2)C1)C1CCN(S(=O)(=O)c2cccnc2)CC1. The number of benzene rings is 1. The first-order valence-electron chi connectivity index (χ1n) is 11.5. The molecule has 32 heavy (non-hydrogen) atoms. The molecule has 1 aromatic heterocycles. The van der Waals surface area contributed by atoms with E-state index in [1.807, 2.05) is 6.07 Å². The summed E-state index contributed by atoms with van der Waals surface area (Å²) in [6.45, 7) is 4.47. The summed E-state index contributed by atoms with van der Waals surface area (Å²) in [4.78, 5) is 19.3. The molecule has 1 amide bonds. The maximum atomic E-state index is 12.7. The van der Waals surface area contributed by atoms with Crippen molar-refractivity contribution in [3.63, 3.8) is 0 Å². The Morgan fingerprint density at radius 2 is 1.81 bits per heavy atom. The quantitative estimate of drug-likeness (QED) is 0.692. The van der Waals surface area contributed by atoms with Crippen LogP contribution in [-0.2, 0) is 21.4 Å². The Morgan fingerprint density at radius 3 is 2.53 bits per heavy atom. The largest absolute Gasteiger partial charge is 0.356 e. The molecule has 1 aromatic carbocycles. The zero-order chi connectivity index (χ0) is 22.4. The third kappa shape index (κ3) is 5.74. The van der Waals surface area contributed by atoms with Crippen LogP contribution in [-0.4, -0.2) is 61.2 Å². The van der Waals surface area contributed by atoms with Crippen LogP contribution in [0.1, 0.15) is 31.2 Å². The Morgan fingerprint density at radius 1 is 1.03 bits per heavy atom. The molecule has 4 rings (SSSR count). The summed E-state index contributed by atoms with van der Waals surface area (Å²) in [5, 5.41) is 3.15. The fourth-order valence-corrected chi connectivity index (χ4v) is 6.13. The van der Waals surface area contributed by atoms with E-state index in [4.69, 9.17) is 0 Å². The molecule has 7 nitrogen and oxygen atoms in total. The molecular weight excluding hydrogens is 424 g/mol. The first kappa shape index (κ1) is 22.9. The minimum absolute atomic E-state index is 0.0589. The topological polar surface area (TPSA) is 82.6 Å². The Bertz CT molecular complexity index is 977. The minimum Gasteiger partial charge on any atom is -0.356 e. The monoisotopic (exact) mass is 456 g/mol. The van der Waals surface area contributed by atoms with E-state index in [0.717, 1.165) is 32.5 Å². The summed E-state index contributed by atoms with van der Waals surface area (Å²) in [6, 6.07) is 13.7. The van der Waals surface area contributed by atoms with E-state index >= 15 is 0 Å². The predicted molar refractivity (Wildman–Crippen MR) is 123 cm³/mol. The van der Waals surface area contributed by atoms with Gasteiger partial charge in [0.05, 0.1) is 0 Å². The van der Waals surface area contributed by atoms with Gasteiger partial charge in [-0.1, -0.05) is 30.3 Å². The van der Waals surface area contributed by atoms with Crippen LogP contribution in [0.5, 0.6) is 0 Å². The van der Waals surface area contributed by atoms with Gasteiger partial charge in [0, 0.05) is 51.0 Å². The van der Waals surface area contributed by atoms with Crippen LogP contribution in [0.25, 0.3) is 0 Å². The zero-order valence-electron chi connectivity index (χ0n) is 18.4. The predicted octanol–water partition coefficient (Wildman–Crippen LogP) is 2.51. The van der Waals surface area contributed by atoms with Gasteiger partial charge in [-0.05, 0) is 55.8 Å². The smallest absolute Gasteiger partial charge is 0.244 e. The number of pyridine rings is 1. The molecule has 0 spiro atoms. The van der Waals surface area contributed by atoms with Crippen LogP contribution >= 0.6 is 0 Å². The van der Waals surface area contributed by atoms with Crippen molar-refractivity contribution < 1.29 is 13.2 Å². The van der Waals surface area contributed by atoms with Crippen LogP contribution in [0.15, 0.2) is 59.8 Å². The summed E-state index contributed by atoms with van der Waals surface area (Å²) in [6.07, 6.45) is 6.32. The Kier molecular flexibility index (Phi) is 7.55. The van der Waals surface area contributed by atoms with Gasteiger partial charge in [-0.3, -0.25) is 14.7 Å². The highest BCUT2D eigenvalue weighted by Crippen LogP contribution is 2.24. The molecule has 2 fully saturated rings. The summed E-state index contributed by atoms with van der Waals surface area (Å²) < 4.78 is 26.9. The molecule has 0 saturated carbocycles. The molecule has 0 aliphatic carbocycles.